The summed E-state index contributed by atoms with van der Waals surface area (Å²) in [6.45, 7) is 7.89. The summed E-state index contributed by atoms with van der Waals surface area (Å²) in [7, 11) is 4.24. The molecule has 4 rings (SSSR count). The molecule has 1 aliphatic heterocycles. The Labute approximate surface area is 297 Å². The number of amides is 4. The zero-order valence-electron chi connectivity index (χ0n) is 30.4. The number of carbonyl (C=O) groups is 6. The van der Waals surface area contributed by atoms with Gasteiger partial charge in [-0.2, -0.15) is 0 Å². The van der Waals surface area contributed by atoms with Gasteiger partial charge in [0.15, 0.2) is 0 Å². The second-order valence-corrected chi connectivity index (χ2v) is 13.5. The molecule has 2 atom stereocenters. The van der Waals surface area contributed by atoms with Gasteiger partial charge in [-0.25, -0.2) is 9.59 Å². The lowest BCUT2D eigenvalue weighted by atomic mass is 10.00. The van der Waals surface area contributed by atoms with Crippen molar-refractivity contribution >= 4 is 57.7 Å². The number of hydrogen-bond donors (Lipinski definition) is 1. The lowest BCUT2D eigenvalue weighted by molar-refractivity contribution is -0.130. The molecule has 0 saturated carbocycles. The number of carbonyl (C=O) groups excluding carboxylic acids is 6. The van der Waals surface area contributed by atoms with Crippen molar-refractivity contribution in [1.29, 1.82) is 0 Å². The first-order valence-electron chi connectivity index (χ1n) is 16.7. The van der Waals surface area contributed by atoms with Crippen molar-refractivity contribution in [3.05, 3.63) is 65.7 Å². The van der Waals surface area contributed by atoms with Crippen LogP contribution in [0.25, 0.3) is 10.8 Å². The summed E-state index contributed by atoms with van der Waals surface area (Å²) in [5.74, 6) is -1.52. The van der Waals surface area contributed by atoms with Crippen LogP contribution in [0.5, 0.6) is 5.75 Å². The zero-order valence-corrected chi connectivity index (χ0v) is 30.4. The van der Waals surface area contributed by atoms with Gasteiger partial charge in [-0.1, -0.05) is 24.3 Å². The molecule has 1 aliphatic rings. The molecule has 51 heavy (non-hydrogen) atoms. The predicted molar refractivity (Wildman–Crippen MR) is 192 cm³/mol. The highest BCUT2D eigenvalue weighted by molar-refractivity contribution is 6.09. The first-order chi connectivity index (χ1) is 24.1. The number of nitrogens with zero attached hydrogens (tertiary/aromatic N) is 3. The Hall–Kier alpha value is -5.46. The van der Waals surface area contributed by atoms with Crippen molar-refractivity contribution in [2.45, 2.75) is 78.1 Å². The topological polar surface area (TPSA) is 152 Å². The third-order valence-corrected chi connectivity index (χ3v) is 8.62. The fourth-order valence-corrected chi connectivity index (χ4v) is 5.81. The average Bonchev–Trinajstić information content (AvgIpc) is 3.20. The summed E-state index contributed by atoms with van der Waals surface area (Å²) in [5, 5.41) is 4.21. The van der Waals surface area contributed by atoms with Crippen molar-refractivity contribution in [2.24, 2.45) is 0 Å². The number of Topliss-reactive ketones (excluding diaryl/α,β-unsaturated/α-hetero) is 1. The standard InChI is InChI=1S/C38H46N4O9/c1-23(43)12-11-15-33(44)41-22-29(39-34(45)24(2)40(6)37(48)51-38(3,4)5)35(46)42(31-14-10-9-13-30(31)41)21-28-27-18-16-26(36(47)50-8)20-25(27)17-19-32(28)49-7/h9-10,13-14,16-20,24,29H,11-12,15,21-22H2,1-8H3,(H,39,45). The number of likely N-dealkylation sites (N-methyl/N-ethyl adjacent to an activating group) is 1. The lowest BCUT2D eigenvalue weighted by Crippen LogP contribution is -2.57. The van der Waals surface area contributed by atoms with Crippen LogP contribution < -0.4 is 19.9 Å². The first-order valence-corrected chi connectivity index (χ1v) is 16.7. The van der Waals surface area contributed by atoms with Gasteiger partial charge in [0.25, 0.3) is 5.91 Å². The van der Waals surface area contributed by atoms with Crippen LogP contribution >= 0.6 is 0 Å². The Morgan fingerprint density at radius 2 is 1.67 bits per heavy atom. The van der Waals surface area contributed by atoms with Crippen LogP contribution in [0.1, 0.15) is 69.8 Å². The van der Waals surface area contributed by atoms with Gasteiger partial charge < -0.3 is 34.1 Å². The zero-order chi connectivity index (χ0) is 37.6. The van der Waals surface area contributed by atoms with E-state index in [-0.39, 0.29) is 37.6 Å². The number of methoxy groups -OCH3 is 2. The maximum atomic E-state index is 14.7. The van der Waals surface area contributed by atoms with Crippen molar-refractivity contribution in [3.8, 4) is 5.75 Å². The molecule has 4 amide bonds. The van der Waals surface area contributed by atoms with Crippen LogP contribution in [-0.2, 0) is 35.2 Å². The number of nitrogens with one attached hydrogen (secondary N) is 1. The van der Waals surface area contributed by atoms with E-state index in [1.807, 2.05) is 0 Å². The molecule has 1 N–H and O–H groups in total. The van der Waals surface area contributed by atoms with E-state index in [1.54, 1.807) is 75.4 Å². The SMILES string of the molecule is COC(=O)c1ccc2c(CN3C(=O)C(NC(=O)C(C)N(C)C(=O)OC(C)(C)C)CN(C(=O)CCCC(C)=O)c4ccccc43)c(OC)ccc2c1. The molecule has 0 aliphatic carbocycles. The van der Waals surface area contributed by atoms with Crippen molar-refractivity contribution < 1.29 is 43.0 Å². The molecule has 0 aromatic heterocycles. The summed E-state index contributed by atoms with van der Waals surface area (Å²) in [6, 6.07) is 13.3. The maximum absolute atomic E-state index is 14.7. The normalized spacial score (nSPS) is 15.0. The van der Waals surface area contributed by atoms with E-state index < -0.39 is 41.6 Å². The van der Waals surface area contributed by atoms with Crippen molar-refractivity contribution in [3.63, 3.8) is 0 Å². The minimum Gasteiger partial charge on any atom is -0.496 e. The number of hydrogen-bond acceptors (Lipinski definition) is 9. The lowest BCUT2D eigenvalue weighted by Gasteiger charge is -2.30. The molecule has 13 nitrogen and oxygen atoms in total. The summed E-state index contributed by atoms with van der Waals surface area (Å²) in [4.78, 5) is 83.0. The van der Waals surface area contributed by atoms with Gasteiger partial charge in [-0.05, 0) is 82.1 Å². The molecule has 0 spiro atoms. The van der Waals surface area contributed by atoms with E-state index in [2.05, 4.69) is 5.32 Å². The number of benzene rings is 3. The molecule has 3 aromatic carbocycles. The van der Waals surface area contributed by atoms with Crippen LogP contribution in [0.3, 0.4) is 0 Å². The van der Waals surface area contributed by atoms with Gasteiger partial charge in [0.2, 0.25) is 11.8 Å². The molecule has 3 aromatic rings. The molecule has 2 unspecified atom stereocenters. The number of rotatable bonds is 11. The van der Waals surface area contributed by atoms with Gasteiger partial charge in [-0.15, -0.1) is 0 Å². The fourth-order valence-electron chi connectivity index (χ4n) is 5.81. The summed E-state index contributed by atoms with van der Waals surface area (Å²) >= 11 is 0. The molecule has 13 heteroatoms. The molecule has 272 valence electrons. The number of ether oxygens (including phenoxy) is 3. The molecule has 0 radical (unpaired) electrons. The third-order valence-electron chi connectivity index (χ3n) is 8.62. The minimum atomic E-state index is -1.23. The van der Waals surface area contributed by atoms with Gasteiger partial charge in [0, 0.05) is 25.5 Å². The molecular formula is C38H46N4O9. The fraction of sp³-hybridized carbons (Fsp3) is 0.421. The number of ketones is 1. The smallest absolute Gasteiger partial charge is 0.410 e. The Bertz CT molecular complexity index is 1830. The summed E-state index contributed by atoms with van der Waals surface area (Å²) < 4.78 is 16.1. The molecule has 0 fully saturated rings. The molecular weight excluding hydrogens is 656 g/mol. The van der Waals surface area contributed by atoms with Gasteiger partial charge in [-0.3, -0.25) is 19.3 Å². The number of fused-ring (bicyclic) bond motifs is 2. The number of anilines is 2. The second-order valence-electron chi connectivity index (χ2n) is 13.5. The summed E-state index contributed by atoms with van der Waals surface area (Å²) in [6.07, 6.45) is -0.133. The minimum absolute atomic E-state index is 0.0277. The summed E-state index contributed by atoms with van der Waals surface area (Å²) in [5.41, 5.74) is 1.05. The highest BCUT2D eigenvalue weighted by atomic mass is 16.6. The van der Waals surface area contributed by atoms with E-state index in [0.29, 0.717) is 45.4 Å². The number of para-hydroxylation sites is 2. The first kappa shape index (κ1) is 38.3. The van der Waals surface area contributed by atoms with Crippen LogP contribution in [0.4, 0.5) is 16.2 Å². The van der Waals surface area contributed by atoms with Crippen molar-refractivity contribution in [1.82, 2.24) is 10.2 Å². The van der Waals surface area contributed by atoms with Gasteiger partial charge in [0.05, 0.1) is 44.2 Å². The van der Waals surface area contributed by atoms with Gasteiger partial charge in [0.1, 0.15) is 29.2 Å². The quantitative estimate of drug-likeness (QED) is 0.272. The molecule has 0 bridgehead atoms. The van der Waals surface area contributed by atoms with E-state index in [4.69, 9.17) is 14.2 Å². The predicted octanol–water partition coefficient (Wildman–Crippen LogP) is 5.01. The highest BCUT2D eigenvalue weighted by Gasteiger charge is 2.39. The Kier molecular flexibility index (Phi) is 12.1. The van der Waals surface area contributed by atoms with E-state index >= 15 is 0 Å². The second kappa shape index (κ2) is 16.0. The van der Waals surface area contributed by atoms with E-state index in [0.717, 1.165) is 4.90 Å². The Balaban J connectivity index is 1.79. The average molecular weight is 703 g/mol. The van der Waals surface area contributed by atoms with E-state index in [9.17, 15) is 28.8 Å². The van der Waals surface area contributed by atoms with E-state index in [1.165, 1.54) is 44.9 Å². The van der Waals surface area contributed by atoms with Crippen LogP contribution in [-0.4, -0.2) is 86.0 Å². The number of esters is 1. The Morgan fingerprint density at radius 1 is 0.980 bits per heavy atom. The third kappa shape index (κ3) is 9.02. The van der Waals surface area contributed by atoms with Crippen LogP contribution in [0.2, 0.25) is 0 Å². The van der Waals surface area contributed by atoms with Crippen molar-refractivity contribution in [2.75, 3.05) is 37.6 Å². The van der Waals surface area contributed by atoms with Crippen LogP contribution in [0.15, 0.2) is 54.6 Å². The molecule has 1 heterocycles. The largest absolute Gasteiger partial charge is 0.496 e. The molecule has 0 saturated heterocycles. The van der Waals surface area contributed by atoms with Crippen LogP contribution in [0, 0.1) is 0 Å². The van der Waals surface area contributed by atoms with Gasteiger partial charge >= 0.3 is 12.1 Å². The Morgan fingerprint density at radius 3 is 2.29 bits per heavy atom. The monoisotopic (exact) mass is 702 g/mol. The maximum Gasteiger partial charge on any atom is 0.410 e. The highest BCUT2D eigenvalue weighted by Crippen LogP contribution is 2.37.